The van der Waals surface area contributed by atoms with Crippen molar-refractivity contribution < 1.29 is 14.1 Å². The average molecular weight is 375 g/mol. The van der Waals surface area contributed by atoms with E-state index in [1.165, 1.54) is 0 Å². The van der Waals surface area contributed by atoms with Gasteiger partial charge in [0.1, 0.15) is 5.76 Å². The molecule has 2 aliphatic heterocycles. The van der Waals surface area contributed by atoms with Gasteiger partial charge in [-0.3, -0.25) is 14.5 Å². The van der Waals surface area contributed by atoms with Crippen LogP contribution < -0.4 is 5.32 Å². The first-order valence-corrected chi connectivity index (χ1v) is 9.95. The van der Waals surface area contributed by atoms with Crippen molar-refractivity contribution in [1.82, 2.24) is 25.2 Å². The summed E-state index contributed by atoms with van der Waals surface area (Å²) in [6.45, 7) is 7.52. The number of nitrogens with one attached hydrogen (secondary N) is 1. The highest BCUT2D eigenvalue weighted by molar-refractivity contribution is 5.92. The molecule has 1 N–H and O–H groups in total. The number of nitrogens with zero attached hydrogens (tertiary/aromatic N) is 4. The fraction of sp³-hybridized carbons (Fsp3) is 0.737. The number of carbonyl (C=O) groups excluding carboxylic acids is 2. The van der Waals surface area contributed by atoms with Crippen molar-refractivity contribution in [3.8, 4) is 0 Å². The van der Waals surface area contributed by atoms with E-state index in [0.29, 0.717) is 30.6 Å². The van der Waals surface area contributed by atoms with Crippen molar-refractivity contribution in [2.45, 2.75) is 31.7 Å². The van der Waals surface area contributed by atoms with Crippen LogP contribution in [-0.2, 0) is 4.79 Å². The van der Waals surface area contributed by atoms with Gasteiger partial charge in [0.25, 0.3) is 5.91 Å². The quantitative estimate of drug-likeness (QED) is 0.801. The first-order valence-electron chi connectivity index (χ1n) is 9.95. The molecule has 148 valence electrons. The van der Waals surface area contributed by atoms with E-state index in [-0.39, 0.29) is 17.9 Å². The molecule has 1 aromatic rings. The normalized spacial score (nSPS) is 27.1. The van der Waals surface area contributed by atoms with Gasteiger partial charge in [0.15, 0.2) is 5.69 Å². The minimum atomic E-state index is -0.185. The smallest absolute Gasteiger partial charge is 0.273 e. The summed E-state index contributed by atoms with van der Waals surface area (Å²) in [6, 6.07) is 1.79. The summed E-state index contributed by atoms with van der Waals surface area (Å²) in [7, 11) is 2.08. The Labute approximate surface area is 159 Å². The van der Waals surface area contributed by atoms with Crippen molar-refractivity contribution in [2.75, 3.05) is 52.9 Å². The SMILES string of the molecule is C[C@@H]1CN(CC(=O)N2CCN(C)CC2)C[C@@H]1NC(=O)c1cc(C2CC2)on1. The van der Waals surface area contributed by atoms with Crippen LogP contribution in [0.25, 0.3) is 0 Å². The molecule has 0 unspecified atom stereocenters. The molecule has 1 aliphatic carbocycles. The number of piperazine rings is 1. The molecule has 3 fully saturated rings. The Balaban J connectivity index is 1.27. The highest BCUT2D eigenvalue weighted by Gasteiger charge is 2.34. The number of carbonyl (C=O) groups is 2. The molecule has 0 aromatic carbocycles. The Bertz CT molecular complexity index is 693. The average Bonchev–Trinajstić information content (AvgIpc) is 3.27. The predicted molar refractivity (Wildman–Crippen MR) is 99.4 cm³/mol. The zero-order valence-electron chi connectivity index (χ0n) is 16.2. The Morgan fingerprint density at radius 1 is 1.22 bits per heavy atom. The second kappa shape index (κ2) is 7.59. The Morgan fingerprint density at radius 2 is 1.96 bits per heavy atom. The lowest BCUT2D eigenvalue weighted by Crippen LogP contribution is -2.50. The molecule has 2 amide bonds. The van der Waals surface area contributed by atoms with Gasteiger partial charge >= 0.3 is 0 Å². The van der Waals surface area contributed by atoms with Gasteiger partial charge < -0.3 is 19.6 Å². The van der Waals surface area contributed by atoms with Crippen LogP contribution in [0.5, 0.6) is 0 Å². The molecule has 8 heteroatoms. The lowest BCUT2D eigenvalue weighted by Gasteiger charge is -2.33. The van der Waals surface area contributed by atoms with Gasteiger partial charge in [-0.15, -0.1) is 0 Å². The number of hydrogen-bond donors (Lipinski definition) is 1. The second-order valence-electron chi connectivity index (χ2n) is 8.32. The van der Waals surface area contributed by atoms with Crippen LogP contribution in [-0.4, -0.2) is 90.6 Å². The molecule has 4 rings (SSSR count). The third-order valence-corrected chi connectivity index (χ3v) is 5.96. The highest BCUT2D eigenvalue weighted by atomic mass is 16.5. The number of amides is 2. The molecule has 0 radical (unpaired) electrons. The molecular weight excluding hydrogens is 346 g/mol. The van der Waals surface area contributed by atoms with E-state index >= 15 is 0 Å². The minimum Gasteiger partial charge on any atom is -0.360 e. The summed E-state index contributed by atoms with van der Waals surface area (Å²) in [6.07, 6.45) is 2.23. The van der Waals surface area contributed by atoms with Crippen molar-refractivity contribution in [3.05, 3.63) is 17.5 Å². The van der Waals surface area contributed by atoms with E-state index in [0.717, 1.165) is 51.3 Å². The summed E-state index contributed by atoms with van der Waals surface area (Å²) >= 11 is 0. The molecular formula is C19H29N5O3. The molecule has 2 atom stereocenters. The molecule has 0 spiro atoms. The van der Waals surface area contributed by atoms with Crippen molar-refractivity contribution in [2.24, 2.45) is 5.92 Å². The fourth-order valence-electron chi connectivity index (χ4n) is 3.93. The molecule has 0 bridgehead atoms. The second-order valence-corrected chi connectivity index (χ2v) is 8.32. The van der Waals surface area contributed by atoms with E-state index in [2.05, 4.69) is 34.2 Å². The molecule has 3 heterocycles. The van der Waals surface area contributed by atoms with Gasteiger partial charge in [0.05, 0.1) is 6.54 Å². The van der Waals surface area contributed by atoms with Crippen molar-refractivity contribution in [3.63, 3.8) is 0 Å². The molecule has 1 aromatic heterocycles. The number of hydrogen-bond acceptors (Lipinski definition) is 6. The maximum Gasteiger partial charge on any atom is 0.273 e. The van der Waals surface area contributed by atoms with Crippen LogP contribution in [0, 0.1) is 5.92 Å². The van der Waals surface area contributed by atoms with Crippen LogP contribution in [0.15, 0.2) is 10.6 Å². The summed E-state index contributed by atoms with van der Waals surface area (Å²) < 4.78 is 5.27. The van der Waals surface area contributed by atoms with Gasteiger partial charge in [-0.05, 0) is 25.8 Å². The zero-order chi connectivity index (χ0) is 19.0. The van der Waals surface area contributed by atoms with Gasteiger partial charge in [-0.1, -0.05) is 12.1 Å². The lowest BCUT2D eigenvalue weighted by atomic mass is 10.1. The summed E-state index contributed by atoms with van der Waals surface area (Å²) in [5.74, 6) is 1.56. The number of rotatable bonds is 5. The monoisotopic (exact) mass is 375 g/mol. The van der Waals surface area contributed by atoms with Gasteiger partial charge in [-0.2, -0.15) is 0 Å². The standard InChI is InChI=1S/C19H29N5O3/c1-13-10-23(12-18(25)24-7-5-22(2)6-8-24)11-16(13)20-19(26)15-9-17(27-21-15)14-3-4-14/h9,13-14,16H,3-8,10-12H2,1-2H3,(H,20,26)/t13-,16+/m1/s1. The minimum absolute atomic E-state index is 0.0267. The van der Waals surface area contributed by atoms with Gasteiger partial charge in [0, 0.05) is 57.3 Å². The van der Waals surface area contributed by atoms with Gasteiger partial charge in [0.2, 0.25) is 5.91 Å². The van der Waals surface area contributed by atoms with Crippen LogP contribution in [0.4, 0.5) is 0 Å². The number of likely N-dealkylation sites (tertiary alicyclic amines) is 1. The maximum atomic E-state index is 12.5. The largest absolute Gasteiger partial charge is 0.360 e. The molecule has 8 nitrogen and oxygen atoms in total. The Kier molecular flexibility index (Phi) is 5.19. The van der Waals surface area contributed by atoms with E-state index in [9.17, 15) is 9.59 Å². The third-order valence-electron chi connectivity index (χ3n) is 5.96. The van der Waals surface area contributed by atoms with Crippen LogP contribution in [0.2, 0.25) is 0 Å². The van der Waals surface area contributed by atoms with E-state index in [1.54, 1.807) is 6.07 Å². The van der Waals surface area contributed by atoms with Crippen LogP contribution in [0.3, 0.4) is 0 Å². The molecule has 3 aliphatic rings. The van der Waals surface area contributed by atoms with Crippen molar-refractivity contribution >= 4 is 11.8 Å². The van der Waals surface area contributed by atoms with E-state index in [1.807, 2.05) is 4.90 Å². The summed E-state index contributed by atoms with van der Waals surface area (Å²) in [5.41, 5.74) is 0.357. The molecule has 1 saturated carbocycles. The first-order chi connectivity index (χ1) is 13.0. The van der Waals surface area contributed by atoms with E-state index < -0.39 is 0 Å². The van der Waals surface area contributed by atoms with Gasteiger partial charge in [-0.25, -0.2) is 0 Å². The van der Waals surface area contributed by atoms with E-state index in [4.69, 9.17) is 4.52 Å². The Morgan fingerprint density at radius 3 is 2.67 bits per heavy atom. The third kappa shape index (κ3) is 4.32. The highest BCUT2D eigenvalue weighted by Crippen LogP contribution is 2.40. The summed E-state index contributed by atoms with van der Waals surface area (Å²) in [4.78, 5) is 31.4. The predicted octanol–water partition coefficient (Wildman–Crippen LogP) is 0.376. The Hall–Kier alpha value is -1.93. The van der Waals surface area contributed by atoms with Crippen LogP contribution >= 0.6 is 0 Å². The maximum absolute atomic E-state index is 12.5. The lowest BCUT2D eigenvalue weighted by molar-refractivity contribution is -0.133. The first kappa shape index (κ1) is 18.4. The topological polar surface area (TPSA) is 81.9 Å². The summed E-state index contributed by atoms with van der Waals surface area (Å²) in [5, 5.41) is 6.99. The zero-order valence-corrected chi connectivity index (χ0v) is 16.2. The number of aromatic nitrogens is 1. The fourth-order valence-corrected chi connectivity index (χ4v) is 3.93. The molecule has 2 saturated heterocycles. The van der Waals surface area contributed by atoms with Crippen LogP contribution in [0.1, 0.15) is 41.9 Å². The van der Waals surface area contributed by atoms with Crippen molar-refractivity contribution in [1.29, 1.82) is 0 Å². The number of likely N-dealkylation sites (N-methyl/N-ethyl adjacent to an activating group) is 1. The molecule has 27 heavy (non-hydrogen) atoms.